The van der Waals surface area contributed by atoms with E-state index in [1.807, 2.05) is 6.20 Å². The van der Waals surface area contributed by atoms with Gasteiger partial charge < -0.3 is 4.98 Å². The Bertz CT molecular complexity index is 339. The summed E-state index contributed by atoms with van der Waals surface area (Å²) in [6, 6.07) is 0. The molecule has 0 aromatic carbocycles. The summed E-state index contributed by atoms with van der Waals surface area (Å²) in [5.74, 6) is 0.561. The number of rotatable bonds is 8. The van der Waals surface area contributed by atoms with Gasteiger partial charge in [-0.1, -0.05) is 46.0 Å². The number of unbranched alkanes of at least 4 members (excludes halogenated alkanes) is 3. The predicted molar refractivity (Wildman–Crippen MR) is 71.3 cm³/mol. The summed E-state index contributed by atoms with van der Waals surface area (Å²) in [5, 5.41) is 0. The third kappa shape index (κ3) is 5.16. The fourth-order valence-corrected chi connectivity index (χ4v) is 2.14. The van der Waals surface area contributed by atoms with Gasteiger partial charge in [0.2, 0.25) is 0 Å². The molecular weight excluding hydrogens is 212 g/mol. The third-order valence-electron chi connectivity index (χ3n) is 3.23. The van der Waals surface area contributed by atoms with Crippen LogP contribution in [-0.2, 0) is 0 Å². The predicted octanol–water partition coefficient (Wildman–Crippen LogP) is 3.62. The molecule has 0 radical (unpaired) electrons. The van der Waals surface area contributed by atoms with Gasteiger partial charge in [-0.3, -0.25) is 0 Å². The Morgan fingerprint density at radius 3 is 2.47 bits per heavy atom. The Kier molecular flexibility index (Phi) is 6.60. The number of aromatic nitrogens is 2. The molecule has 1 unspecified atom stereocenters. The van der Waals surface area contributed by atoms with Gasteiger partial charge in [-0.05, 0) is 24.3 Å². The molecule has 0 fully saturated rings. The fraction of sp³-hybridized carbons (Fsp3) is 0.714. The maximum Gasteiger partial charge on any atom is 0.344 e. The summed E-state index contributed by atoms with van der Waals surface area (Å²) < 4.78 is 0. The second kappa shape index (κ2) is 8.04. The lowest BCUT2D eigenvalue weighted by molar-refractivity contribution is 0.512. The molecule has 0 aliphatic rings. The number of aromatic amines is 1. The molecule has 0 saturated heterocycles. The zero-order chi connectivity index (χ0) is 12.5. The van der Waals surface area contributed by atoms with Crippen molar-refractivity contribution in [3.63, 3.8) is 0 Å². The first-order chi connectivity index (χ1) is 8.27. The van der Waals surface area contributed by atoms with Crippen molar-refractivity contribution in [3.8, 4) is 0 Å². The van der Waals surface area contributed by atoms with Crippen LogP contribution in [0.5, 0.6) is 0 Å². The van der Waals surface area contributed by atoms with Crippen LogP contribution in [-0.4, -0.2) is 9.97 Å². The summed E-state index contributed by atoms with van der Waals surface area (Å²) in [5.41, 5.74) is 0.936. The van der Waals surface area contributed by atoms with E-state index in [0.29, 0.717) is 5.92 Å². The lowest BCUT2D eigenvalue weighted by Crippen LogP contribution is -2.11. The van der Waals surface area contributed by atoms with Gasteiger partial charge >= 0.3 is 5.69 Å². The van der Waals surface area contributed by atoms with Gasteiger partial charge in [0.15, 0.2) is 0 Å². The Labute approximate surface area is 104 Å². The van der Waals surface area contributed by atoms with E-state index >= 15 is 0 Å². The molecule has 0 saturated carbocycles. The molecule has 1 N–H and O–H groups in total. The van der Waals surface area contributed by atoms with E-state index in [9.17, 15) is 4.79 Å². The number of nitrogens with one attached hydrogen (secondary N) is 1. The fourth-order valence-electron chi connectivity index (χ4n) is 2.14. The number of nitrogens with zero attached hydrogens (tertiary/aromatic N) is 1. The molecule has 96 valence electrons. The molecule has 1 rings (SSSR count). The highest BCUT2D eigenvalue weighted by Gasteiger charge is 2.11. The minimum Gasteiger partial charge on any atom is -0.312 e. The second-order valence-electron chi connectivity index (χ2n) is 4.69. The van der Waals surface area contributed by atoms with Crippen LogP contribution >= 0.6 is 0 Å². The number of H-pyrrole nitrogens is 1. The summed E-state index contributed by atoms with van der Waals surface area (Å²) >= 11 is 0. The largest absolute Gasteiger partial charge is 0.344 e. The van der Waals surface area contributed by atoms with E-state index < -0.39 is 0 Å². The average molecular weight is 236 g/mol. The van der Waals surface area contributed by atoms with E-state index in [4.69, 9.17) is 0 Å². The van der Waals surface area contributed by atoms with Crippen molar-refractivity contribution in [2.45, 2.75) is 64.7 Å². The normalized spacial score (nSPS) is 12.6. The lowest BCUT2D eigenvalue weighted by Gasteiger charge is -2.16. The molecule has 3 nitrogen and oxygen atoms in total. The van der Waals surface area contributed by atoms with Crippen molar-refractivity contribution in [2.24, 2.45) is 0 Å². The Morgan fingerprint density at radius 1 is 1.18 bits per heavy atom. The molecular formula is C14H24N2O. The van der Waals surface area contributed by atoms with E-state index in [0.717, 1.165) is 0 Å². The summed E-state index contributed by atoms with van der Waals surface area (Å²) in [7, 11) is 0. The van der Waals surface area contributed by atoms with Crippen LogP contribution in [0.1, 0.15) is 70.3 Å². The van der Waals surface area contributed by atoms with Crippen molar-refractivity contribution in [3.05, 3.63) is 28.4 Å². The van der Waals surface area contributed by atoms with Crippen LogP contribution in [0.25, 0.3) is 0 Å². The van der Waals surface area contributed by atoms with E-state index in [1.54, 1.807) is 6.20 Å². The first kappa shape index (κ1) is 13.9. The molecule has 17 heavy (non-hydrogen) atoms. The van der Waals surface area contributed by atoms with E-state index in [1.165, 1.54) is 50.5 Å². The number of hydrogen-bond donors (Lipinski definition) is 1. The molecule has 3 heteroatoms. The van der Waals surface area contributed by atoms with Crippen LogP contribution < -0.4 is 5.69 Å². The first-order valence-corrected chi connectivity index (χ1v) is 6.82. The monoisotopic (exact) mass is 236 g/mol. The Morgan fingerprint density at radius 2 is 1.88 bits per heavy atom. The van der Waals surface area contributed by atoms with Crippen molar-refractivity contribution in [1.82, 2.24) is 9.97 Å². The highest BCUT2D eigenvalue weighted by Crippen LogP contribution is 2.26. The zero-order valence-corrected chi connectivity index (χ0v) is 11.0. The van der Waals surface area contributed by atoms with Crippen LogP contribution in [0.3, 0.4) is 0 Å². The molecule has 0 aliphatic carbocycles. The van der Waals surface area contributed by atoms with Crippen molar-refractivity contribution in [1.29, 1.82) is 0 Å². The maximum atomic E-state index is 11.0. The lowest BCUT2D eigenvalue weighted by atomic mass is 9.90. The Balaban J connectivity index is 2.60. The van der Waals surface area contributed by atoms with Gasteiger partial charge in [-0.25, -0.2) is 9.78 Å². The van der Waals surface area contributed by atoms with Gasteiger partial charge in [0.1, 0.15) is 0 Å². The topological polar surface area (TPSA) is 45.8 Å². The SMILES string of the molecule is CCCCCC(CCCC)c1cnc(=O)[nH]c1. The molecule has 0 aliphatic heterocycles. The van der Waals surface area contributed by atoms with E-state index in [-0.39, 0.29) is 5.69 Å². The minimum absolute atomic E-state index is 0.253. The summed E-state index contributed by atoms with van der Waals surface area (Å²) in [6.07, 6.45) is 12.3. The minimum atomic E-state index is -0.253. The molecule has 1 heterocycles. The first-order valence-electron chi connectivity index (χ1n) is 6.82. The van der Waals surface area contributed by atoms with Gasteiger partial charge in [-0.15, -0.1) is 0 Å². The van der Waals surface area contributed by atoms with Gasteiger partial charge in [0.05, 0.1) is 0 Å². The molecule has 1 atom stereocenters. The smallest absolute Gasteiger partial charge is 0.312 e. The maximum absolute atomic E-state index is 11.0. The molecule has 0 spiro atoms. The van der Waals surface area contributed by atoms with Crippen LogP contribution in [0, 0.1) is 0 Å². The summed E-state index contributed by atoms with van der Waals surface area (Å²) in [4.78, 5) is 17.5. The van der Waals surface area contributed by atoms with Gasteiger partial charge in [0, 0.05) is 12.4 Å². The summed E-state index contributed by atoms with van der Waals surface area (Å²) in [6.45, 7) is 4.44. The van der Waals surface area contributed by atoms with Crippen molar-refractivity contribution < 1.29 is 0 Å². The highest BCUT2D eigenvalue weighted by atomic mass is 16.1. The molecule has 1 aromatic heterocycles. The van der Waals surface area contributed by atoms with Gasteiger partial charge in [0.25, 0.3) is 0 Å². The average Bonchev–Trinajstić information content (AvgIpc) is 2.35. The molecule has 0 bridgehead atoms. The molecule has 0 amide bonds. The standard InChI is InChI=1S/C14H24N2O/c1-3-5-7-9-12(8-6-4-2)13-10-15-14(17)16-11-13/h10-12H,3-9H2,1-2H3,(H,15,16,17). The second-order valence-corrected chi connectivity index (χ2v) is 4.69. The van der Waals surface area contributed by atoms with E-state index in [2.05, 4.69) is 23.8 Å². The van der Waals surface area contributed by atoms with Crippen molar-refractivity contribution in [2.75, 3.05) is 0 Å². The van der Waals surface area contributed by atoms with Crippen molar-refractivity contribution >= 4 is 0 Å². The third-order valence-corrected chi connectivity index (χ3v) is 3.23. The zero-order valence-electron chi connectivity index (χ0n) is 11.0. The van der Waals surface area contributed by atoms with Crippen LogP contribution in [0.2, 0.25) is 0 Å². The highest BCUT2D eigenvalue weighted by molar-refractivity contribution is 5.09. The number of hydrogen-bond acceptors (Lipinski definition) is 2. The quantitative estimate of drug-likeness (QED) is 0.701. The van der Waals surface area contributed by atoms with Crippen LogP contribution in [0.15, 0.2) is 17.2 Å². The molecule has 1 aromatic rings. The van der Waals surface area contributed by atoms with Gasteiger partial charge in [-0.2, -0.15) is 0 Å². The Hall–Kier alpha value is -1.12. The van der Waals surface area contributed by atoms with Crippen LogP contribution in [0.4, 0.5) is 0 Å².